The van der Waals surface area contributed by atoms with Crippen molar-refractivity contribution in [3.05, 3.63) is 22.4 Å². The minimum atomic E-state index is 0.201. The molecule has 0 spiro atoms. The summed E-state index contributed by atoms with van der Waals surface area (Å²) >= 11 is 1.75. The van der Waals surface area contributed by atoms with Gasteiger partial charge in [-0.05, 0) is 23.3 Å². The molecule has 1 aromatic heterocycles. The van der Waals surface area contributed by atoms with Crippen molar-refractivity contribution in [1.82, 2.24) is 5.32 Å². The average Bonchev–Trinajstić information content (AvgIpc) is 2.62. The third-order valence-corrected chi connectivity index (χ3v) is 3.10. The van der Waals surface area contributed by atoms with Crippen LogP contribution in [0.15, 0.2) is 17.5 Å². The SMILES string of the molecule is CC(C)(C)C[C@@H](CO)NCc1cccs1. The van der Waals surface area contributed by atoms with Crippen LogP contribution < -0.4 is 5.32 Å². The number of thiophene rings is 1. The zero-order valence-corrected chi connectivity index (χ0v) is 10.6. The maximum atomic E-state index is 9.26. The minimum absolute atomic E-state index is 0.201. The maximum Gasteiger partial charge on any atom is 0.0584 e. The van der Waals surface area contributed by atoms with Gasteiger partial charge in [0.15, 0.2) is 0 Å². The molecule has 0 fully saturated rings. The van der Waals surface area contributed by atoms with Gasteiger partial charge in [-0.3, -0.25) is 0 Å². The normalized spacial score (nSPS) is 14.1. The van der Waals surface area contributed by atoms with Crippen molar-refractivity contribution in [3.63, 3.8) is 0 Å². The lowest BCUT2D eigenvalue weighted by atomic mass is 9.88. The van der Waals surface area contributed by atoms with Crippen LogP contribution >= 0.6 is 11.3 Å². The first-order chi connectivity index (χ1) is 7.01. The molecule has 0 aliphatic heterocycles. The Bertz CT molecular complexity index is 264. The minimum Gasteiger partial charge on any atom is -0.395 e. The Hall–Kier alpha value is -0.380. The molecule has 2 nitrogen and oxygen atoms in total. The van der Waals surface area contributed by atoms with Gasteiger partial charge < -0.3 is 10.4 Å². The molecule has 1 rings (SSSR count). The van der Waals surface area contributed by atoms with Crippen LogP contribution in [0.1, 0.15) is 32.1 Å². The third kappa shape index (κ3) is 5.30. The number of nitrogens with one attached hydrogen (secondary N) is 1. The number of aliphatic hydroxyl groups excluding tert-OH is 1. The van der Waals surface area contributed by atoms with Crippen LogP contribution in [0.3, 0.4) is 0 Å². The van der Waals surface area contributed by atoms with Gasteiger partial charge in [0.25, 0.3) is 0 Å². The molecular formula is C12H21NOS. The predicted molar refractivity (Wildman–Crippen MR) is 66.1 cm³/mol. The summed E-state index contributed by atoms with van der Waals surface area (Å²) in [7, 11) is 0. The first kappa shape index (κ1) is 12.7. The van der Waals surface area contributed by atoms with Crippen LogP contribution in [-0.2, 0) is 6.54 Å². The second-order valence-electron chi connectivity index (χ2n) is 5.10. The topological polar surface area (TPSA) is 32.3 Å². The van der Waals surface area contributed by atoms with E-state index in [2.05, 4.69) is 43.6 Å². The van der Waals surface area contributed by atoms with Crippen LogP contribution in [0.5, 0.6) is 0 Å². The van der Waals surface area contributed by atoms with Crippen molar-refractivity contribution in [2.24, 2.45) is 5.41 Å². The number of rotatable bonds is 5. The third-order valence-electron chi connectivity index (χ3n) is 2.22. The van der Waals surface area contributed by atoms with Gasteiger partial charge in [0.1, 0.15) is 0 Å². The molecule has 86 valence electrons. The molecule has 15 heavy (non-hydrogen) atoms. The molecule has 0 bridgehead atoms. The zero-order chi connectivity index (χ0) is 11.3. The first-order valence-corrected chi connectivity index (χ1v) is 6.26. The highest BCUT2D eigenvalue weighted by atomic mass is 32.1. The smallest absolute Gasteiger partial charge is 0.0584 e. The molecule has 2 N–H and O–H groups in total. The fourth-order valence-corrected chi connectivity index (χ4v) is 2.25. The van der Waals surface area contributed by atoms with E-state index in [1.807, 2.05) is 0 Å². The van der Waals surface area contributed by atoms with Gasteiger partial charge in [-0.1, -0.05) is 26.8 Å². The summed E-state index contributed by atoms with van der Waals surface area (Å²) in [6.07, 6.45) is 0.995. The number of hydrogen-bond acceptors (Lipinski definition) is 3. The summed E-state index contributed by atoms with van der Waals surface area (Å²) in [6.45, 7) is 7.66. The molecule has 0 aromatic carbocycles. The molecular weight excluding hydrogens is 206 g/mol. The molecule has 1 aromatic rings. The predicted octanol–water partition coefficient (Wildman–Crippen LogP) is 2.63. The molecule has 0 radical (unpaired) electrons. The van der Waals surface area contributed by atoms with Crippen LogP contribution in [-0.4, -0.2) is 17.8 Å². The monoisotopic (exact) mass is 227 g/mol. The molecule has 0 amide bonds. The molecule has 0 unspecified atom stereocenters. The molecule has 0 saturated carbocycles. The fraction of sp³-hybridized carbons (Fsp3) is 0.667. The van der Waals surface area contributed by atoms with Gasteiger partial charge in [-0.2, -0.15) is 0 Å². The van der Waals surface area contributed by atoms with E-state index < -0.39 is 0 Å². The maximum absolute atomic E-state index is 9.26. The highest BCUT2D eigenvalue weighted by molar-refractivity contribution is 7.09. The highest BCUT2D eigenvalue weighted by Crippen LogP contribution is 2.21. The van der Waals surface area contributed by atoms with E-state index >= 15 is 0 Å². The second-order valence-corrected chi connectivity index (χ2v) is 6.14. The average molecular weight is 227 g/mol. The van der Waals surface area contributed by atoms with E-state index in [4.69, 9.17) is 0 Å². The molecule has 0 aliphatic carbocycles. The fourth-order valence-electron chi connectivity index (χ4n) is 1.60. The molecule has 3 heteroatoms. The van der Waals surface area contributed by atoms with Crippen LogP contribution in [0, 0.1) is 5.41 Å². The Balaban J connectivity index is 2.34. The Morgan fingerprint density at radius 3 is 2.67 bits per heavy atom. The standard InChI is InChI=1S/C12H21NOS/c1-12(2,3)7-10(9-14)13-8-11-5-4-6-15-11/h4-6,10,13-14H,7-9H2,1-3H3/t10-/m0/s1. The summed E-state index contributed by atoms with van der Waals surface area (Å²) in [5.74, 6) is 0. The van der Waals surface area contributed by atoms with E-state index in [1.165, 1.54) is 4.88 Å². The Morgan fingerprint density at radius 2 is 2.20 bits per heavy atom. The van der Waals surface area contributed by atoms with Gasteiger partial charge in [0, 0.05) is 17.5 Å². The number of aliphatic hydroxyl groups is 1. The van der Waals surface area contributed by atoms with Gasteiger partial charge in [-0.25, -0.2) is 0 Å². The second kappa shape index (κ2) is 5.64. The van der Waals surface area contributed by atoms with Crippen molar-refractivity contribution < 1.29 is 5.11 Å². The largest absolute Gasteiger partial charge is 0.395 e. The first-order valence-electron chi connectivity index (χ1n) is 5.38. The van der Waals surface area contributed by atoms with Gasteiger partial charge >= 0.3 is 0 Å². The summed E-state index contributed by atoms with van der Waals surface area (Å²) in [6, 6.07) is 4.37. The van der Waals surface area contributed by atoms with Gasteiger partial charge in [0.05, 0.1) is 6.61 Å². The van der Waals surface area contributed by atoms with E-state index in [1.54, 1.807) is 11.3 Å². The quantitative estimate of drug-likeness (QED) is 0.810. The summed E-state index contributed by atoms with van der Waals surface area (Å²) in [4.78, 5) is 1.32. The molecule has 1 heterocycles. The van der Waals surface area contributed by atoms with Crippen molar-refractivity contribution >= 4 is 11.3 Å². The Kier molecular flexibility index (Phi) is 4.77. The zero-order valence-electron chi connectivity index (χ0n) is 9.79. The molecule has 0 aliphatic rings. The number of hydrogen-bond donors (Lipinski definition) is 2. The lowest BCUT2D eigenvalue weighted by molar-refractivity contribution is 0.198. The van der Waals surface area contributed by atoms with E-state index in [9.17, 15) is 5.11 Å². The van der Waals surface area contributed by atoms with Crippen LogP contribution in [0.4, 0.5) is 0 Å². The van der Waals surface area contributed by atoms with E-state index in [0.717, 1.165) is 13.0 Å². The molecule has 0 saturated heterocycles. The lowest BCUT2D eigenvalue weighted by Gasteiger charge is -2.25. The highest BCUT2D eigenvalue weighted by Gasteiger charge is 2.17. The van der Waals surface area contributed by atoms with Gasteiger partial charge in [0.2, 0.25) is 0 Å². The van der Waals surface area contributed by atoms with Crippen molar-refractivity contribution in [2.45, 2.75) is 39.8 Å². The summed E-state index contributed by atoms with van der Waals surface area (Å²) in [5.41, 5.74) is 0.260. The van der Waals surface area contributed by atoms with Gasteiger partial charge in [-0.15, -0.1) is 11.3 Å². The van der Waals surface area contributed by atoms with E-state index in [0.29, 0.717) is 0 Å². The van der Waals surface area contributed by atoms with Crippen LogP contribution in [0.2, 0.25) is 0 Å². The Labute approximate surface area is 96.3 Å². The summed E-state index contributed by atoms with van der Waals surface area (Å²) in [5, 5.41) is 14.7. The van der Waals surface area contributed by atoms with Crippen molar-refractivity contribution in [3.8, 4) is 0 Å². The van der Waals surface area contributed by atoms with Crippen molar-refractivity contribution in [1.29, 1.82) is 0 Å². The Morgan fingerprint density at radius 1 is 1.47 bits per heavy atom. The molecule has 1 atom stereocenters. The van der Waals surface area contributed by atoms with Crippen molar-refractivity contribution in [2.75, 3.05) is 6.61 Å². The summed E-state index contributed by atoms with van der Waals surface area (Å²) < 4.78 is 0. The van der Waals surface area contributed by atoms with Crippen LogP contribution in [0.25, 0.3) is 0 Å². The van der Waals surface area contributed by atoms with E-state index in [-0.39, 0.29) is 18.1 Å². The lowest BCUT2D eigenvalue weighted by Crippen LogP contribution is -2.35.